The molecule has 0 aliphatic heterocycles. The first-order chi connectivity index (χ1) is 6.24. The zero-order chi connectivity index (χ0) is 10.3. The number of carbonyl (C=O) groups is 1. The van der Waals surface area contributed by atoms with Crippen molar-refractivity contribution in [2.24, 2.45) is 5.92 Å². The molecule has 0 aromatic heterocycles. The van der Waals surface area contributed by atoms with Gasteiger partial charge in [0, 0.05) is 0 Å². The molecule has 1 rings (SSSR count). The largest absolute Gasteiger partial charge is 0.469 e. The minimum atomic E-state index is -0.0613. The van der Waals surface area contributed by atoms with E-state index < -0.39 is 0 Å². The van der Waals surface area contributed by atoms with Gasteiger partial charge in [0.05, 0.1) is 13.0 Å². The molecule has 0 N–H and O–H groups in total. The summed E-state index contributed by atoms with van der Waals surface area (Å²) in [5.74, 6) is 0.0532. The topological polar surface area (TPSA) is 26.3 Å². The van der Waals surface area contributed by atoms with Gasteiger partial charge in [0.25, 0.3) is 0 Å². The molecule has 13 heavy (non-hydrogen) atoms. The van der Waals surface area contributed by atoms with Crippen molar-refractivity contribution < 1.29 is 9.53 Å². The van der Waals surface area contributed by atoms with Crippen LogP contribution in [0.4, 0.5) is 0 Å². The quantitative estimate of drug-likeness (QED) is 0.462. The second-order valence-corrected chi connectivity index (χ2v) is 3.04. The number of hydrogen-bond acceptors (Lipinski definition) is 2. The van der Waals surface area contributed by atoms with Crippen molar-refractivity contribution >= 4 is 5.97 Å². The summed E-state index contributed by atoms with van der Waals surface area (Å²) < 4.78 is 4.66. The van der Waals surface area contributed by atoms with Crippen molar-refractivity contribution in [1.82, 2.24) is 0 Å². The Morgan fingerprint density at radius 1 is 1.54 bits per heavy atom. The van der Waals surface area contributed by atoms with Gasteiger partial charge in [-0.3, -0.25) is 4.79 Å². The van der Waals surface area contributed by atoms with Gasteiger partial charge in [-0.05, 0) is 26.2 Å². The van der Waals surface area contributed by atoms with E-state index in [4.69, 9.17) is 0 Å². The maximum absolute atomic E-state index is 11.0. The first-order valence-electron chi connectivity index (χ1n) is 4.97. The molecule has 0 fully saturated rings. The third-order valence-corrected chi connectivity index (χ3v) is 2.17. The highest BCUT2D eigenvalue weighted by molar-refractivity contribution is 5.72. The fraction of sp³-hybridized carbons (Fsp3) is 0.727. The zero-order valence-electron chi connectivity index (χ0n) is 9.09. The number of esters is 1. The maximum atomic E-state index is 11.0. The average molecular weight is 184 g/mol. The Bertz CT molecular complexity index is 183. The first-order valence-corrected chi connectivity index (χ1v) is 4.97. The fourth-order valence-corrected chi connectivity index (χ4v) is 1.35. The molecule has 2 heteroatoms. The van der Waals surface area contributed by atoms with E-state index in [0.717, 1.165) is 19.3 Å². The van der Waals surface area contributed by atoms with E-state index in [1.165, 1.54) is 12.7 Å². The van der Waals surface area contributed by atoms with Gasteiger partial charge in [0.15, 0.2) is 0 Å². The van der Waals surface area contributed by atoms with Gasteiger partial charge in [-0.2, -0.15) is 0 Å². The van der Waals surface area contributed by atoms with Crippen molar-refractivity contribution in [2.75, 3.05) is 7.11 Å². The molecule has 1 atom stereocenters. The van der Waals surface area contributed by atoms with Gasteiger partial charge in [-0.15, -0.1) is 0 Å². The van der Waals surface area contributed by atoms with E-state index in [1.807, 2.05) is 13.8 Å². The number of rotatable bonds is 1. The molecule has 0 aromatic carbocycles. The lowest BCUT2D eigenvalue weighted by Gasteiger charge is -2.17. The van der Waals surface area contributed by atoms with Gasteiger partial charge in [-0.1, -0.05) is 25.5 Å². The lowest BCUT2D eigenvalue weighted by molar-refractivity contribution is -0.145. The number of allylic oxidation sites excluding steroid dienone is 2. The monoisotopic (exact) mass is 184 g/mol. The highest BCUT2D eigenvalue weighted by Crippen LogP contribution is 2.23. The number of hydrogen-bond donors (Lipinski definition) is 0. The molecule has 0 unspecified atom stereocenters. The van der Waals surface area contributed by atoms with Crippen LogP contribution in [0.5, 0.6) is 0 Å². The molecule has 1 aliphatic carbocycles. The van der Waals surface area contributed by atoms with E-state index in [-0.39, 0.29) is 11.9 Å². The van der Waals surface area contributed by atoms with Crippen molar-refractivity contribution in [1.29, 1.82) is 0 Å². The normalized spacial score (nSPS) is 20.9. The van der Waals surface area contributed by atoms with E-state index in [2.05, 4.69) is 17.7 Å². The van der Waals surface area contributed by atoms with Gasteiger partial charge < -0.3 is 4.74 Å². The van der Waals surface area contributed by atoms with Crippen molar-refractivity contribution in [3.8, 4) is 0 Å². The molecule has 0 spiro atoms. The van der Waals surface area contributed by atoms with Crippen LogP contribution in [0.2, 0.25) is 0 Å². The number of carbonyl (C=O) groups excluding carboxylic acids is 1. The zero-order valence-corrected chi connectivity index (χ0v) is 9.09. The highest BCUT2D eigenvalue weighted by Gasteiger charge is 2.20. The minimum absolute atomic E-state index is 0.0613. The second-order valence-electron chi connectivity index (χ2n) is 3.04. The van der Waals surface area contributed by atoms with E-state index >= 15 is 0 Å². The Hall–Kier alpha value is -0.790. The molecule has 2 nitrogen and oxygen atoms in total. The first kappa shape index (κ1) is 12.2. The van der Waals surface area contributed by atoms with Crippen LogP contribution >= 0.6 is 0 Å². The molecule has 76 valence electrons. The van der Waals surface area contributed by atoms with Crippen molar-refractivity contribution in [3.05, 3.63) is 11.6 Å². The average Bonchev–Trinajstić information content (AvgIpc) is 2.21. The van der Waals surface area contributed by atoms with Gasteiger partial charge in [-0.25, -0.2) is 0 Å². The summed E-state index contributed by atoms with van der Waals surface area (Å²) >= 11 is 0. The molecule has 1 aliphatic rings. The summed E-state index contributed by atoms with van der Waals surface area (Å²) in [4.78, 5) is 11.0. The molecule has 0 bridgehead atoms. The lowest BCUT2D eigenvalue weighted by atomic mass is 9.90. The van der Waals surface area contributed by atoms with Crippen LogP contribution in [-0.4, -0.2) is 13.1 Å². The summed E-state index contributed by atoms with van der Waals surface area (Å²) in [6.45, 7) is 6.10. The standard InChI is InChI=1S/C9H14O2.C2H6/c1-7-3-5-8(6-4-7)9(10)11-2;1-2/h3,8H,4-6H2,1-2H3;1-2H3/t8-;/m0./s1. The summed E-state index contributed by atoms with van der Waals surface area (Å²) in [7, 11) is 1.45. The third kappa shape index (κ3) is 4.11. The van der Waals surface area contributed by atoms with Gasteiger partial charge in [0.2, 0.25) is 0 Å². The van der Waals surface area contributed by atoms with Gasteiger partial charge >= 0.3 is 5.97 Å². The summed E-state index contributed by atoms with van der Waals surface area (Å²) in [5, 5.41) is 0. The fourth-order valence-electron chi connectivity index (χ4n) is 1.35. The van der Waals surface area contributed by atoms with Crippen LogP contribution in [-0.2, 0) is 9.53 Å². The predicted octanol–water partition coefficient (Wildman–Crippen LogP) is 2.93. The summed E-state index contributed by atoms with van der Waals surface area (Å²) in [6, 6.07) is 0. The van der Waals surface area contributed by atoms with Crippen molar-refractivity contribution in [2.45, 2.75) is 40.0 Å². The Morgan fingerprint density at radius 3 is 2.54 bits per heavy atom. The van der Waals surface area contributed by atoms with Crippen LogP contribution < -0.4 is 0 Å². The summed E-state index contributed by atoms with van der Waals surface area (Å²) in [6.07, 6.45) is 4.98. The van der Waals surface area contributed by atoms with Crippen LogP contribution in [0.1, 0.15) is 40.0 Å². The molecule has 0 aromatic rings. The Labute approximate surface area is 81.0 Å². The van der Waals surface area contributed by atoms with Gasteiger partial charge in [0.1, 0.15) is 0 Å². The van der Waals surface area contributed by atoms with Crippen molar-refractivity contribution in [3.63, 3.8) is 0 Å². The number of ether oxygens (including phenoxy) is 1. The van der Waals surface area contributed by atoms with Crippen LogP contribution in [0.15, 0.2) is 11.6 Å². The predicted molar refractivity (Wildman–Crippen MR) is 54.5 cm³/mol. The molecule has 0 radical (unpaired) electrons. The van der Waals surface area contributed by atoms with Crippen LogP contribution in [0.25, 0.3) is 0 Å². The minimum Gasteiger partial charge on any atom is -0.469 e. The molecule has 0 amide bonds. The molecular formula is C11H20O2. The molecule has 0 saturated carbocycles. The van der Waals surface area contributed by atoms with E-state index in [0.29, 0.717) is 0 Å². The Balaban J connectivity index is 0.000000671. The third-order valence-electron chi connectivity index (χ3n) is 2.17. The molecular weight excluding hydrogens is 164 g/mol. The Morgan fingerprint density at radius 2 is 2.15 bits per heavy atom. The maximum Gasteiger partial charge on any atom is 0.308 e. The SMILES string of the molecule is CC.COC(=O)[C@H]1CC=C(C)CC1. The lowest BCUT2D eigenvalue weighted by Crippen LogP contribution is -2.17. The molecule has 0 saturated heterocycles. The Kier molecular flexibility index (Phi) is 6.29. The van der Waals surface area contributed by atoms with Crippen LogP contribution in [0, 0.1) is 5.92 Å². The van der Waals surface area contributed by atoms with E-state index in [1.54, 1.807) is 0 Å². The highest BCUT2D eigenvalue weighted by atomic mass is 16.5. The smallest absolute Gasteiger partial charge is 0.308 e. The second kappa shape index (κ2) is 6.70. The summed E-state index contributed by atoms with van der Waals surface area (Å²) in [5.41, 5.74) is 1.39. The van der Waals surface area contributed by atoms with E-state index in [9.17, 15) is 4.79 Å². The molecule has 0 heterocycles. The van der Waals surface area contributed by atoms with Crippen LogP contribution in [0.3, 0.4) is 0 Å². The number of methoxy groups -OCH3 is 1.